The Hall–Kier alpha value is -2.28. The number of aromatic nitrogens is 2. The Bertz CT molecular complexity index is 627. The lowest BCUT2D eigenvalue weighted by Crippen LogP contribution is -2.43. The molecule has 7 heteroatoms. The van der Waals surface area contributed by atoms with Crippen molar-refractivity contribution in [2.75, 3.05) is 31.1 Å². The number of benzene rings is 1. The van der Waals surface area contributed by atoms with Crippen LogP contribution in [-0.2, 0) is 6.61 Å². The maximum absolute atomic E-state index is 13.1. The van der Waals surface area contributed by atoms with E-state index in [1.165, 1.54) is 12.1 Å². The Labute approximate surface area is 127 Å². The fourth-order valence-corrected chi connectivity index (χ4v) is 2.31. The summed E-state index contributed by atoms with van der Waals surface area (Å²) in [5.41, 5.74) is 0.397. The molecule has 3 rings (SSSR count). The maximum atomic E-state index is 13.1. The van der Waals surface area contributed by atoms with E-state index in [1.807, 2.05) is 6.07 Å². The molecule has 0 spiro atoms. The van der Waals surface area contributed by atoms with Gasteiger partial charge in [-0.05, 0) is 23.8 Å². The zero-order chi connectivity index (χ0) is 15.4. The Kier molecular flexibility index (Phi) is 4.43. The van der Waals surface area contributed by atoms with Gasteiger partial charge in [-0.3, -0.25) is 0 Å². The van der Waals surface area contributed by atoms with E-state index >= 15 is 0 Å². The summed E-state index contributed by atoms with van der Waals surface area (Å²) >= 11 is 0. The first kappa shape index (κ1) is 14.6. The van der Waals surface area contributed by atoms with Crippen molar-refractivity contribution < 1.29 is 13.5 Å². The van der Waals surface area contributed by atoms with Crippen LogP contribution in [0.1, 0.15) is 5.56 Å². The van der Waals surface area contributed by atoms with Gasteiger partial charge in [0.25, 0.3) is 0 Å². The number of rotatable bonds is 4. The number of hydrogen-bond acceptors (Lipinski definition) is 5. The van der Waals surface area contributed by atoms with Gasteiger partial charge in [0.05, 0.1) is 0 Å². The fourth-order valence-electron chi connectivity index (χ4n) is 2.31. The quantitative estimate of drug-likeness (QED) is 0.932. The van der Waals surface area contributed by atoms with Gasteiger partial charge in [0.2, 0.25) is 0 Å². The molecule has 22 heavy (non-hydrogen) atoms. The Balaban J connectivity index is 1.67. The van der Waals surface area contributed by atoms with Gasteiger partial charge in [-0.15, -0.1) is 0 Å². The van der Waals surface area contributed by atoms with Gasteiger partial charge in [-0.25, -0.2) is 13.8 Å². The molecule has 2 heterocycles. The van der Waals surface area contributed by atoms with E-state index in [2.05, 4.69) is 20.2 Å². The molecular formula is C15H16F2N4O. The van der Waals surface area contributed by atoms with E-state index in [4.69, 9.17) is 4.74 Å². The minimum atomic E-state index is -0.630. The molecule has 0 amide bonds. The van der Waals surface area contributed by atoms with Crippen molar-refractivity contribution in [2.24, 2.45) is 0 Å². The Morgan fingerprint density at radius 1 is 1.14 bits per heavy atom. The minimum absolute atomic E-state index is 0.0136. The van der Waals surface area contributed by atoms with E-state index in [1.54, 1.807) is 6.20 Å². The molecule has 116 valence electrons. The number of hydrogen-bond donors (Lipinski definition) is 1. The third-order valence-electron chi connectivity index (χ3n) is 3.35. The van der Waals surface area contributed by atoms with Gasteiger partial charge < -0.3 is 15.0 Å². The summed E-state index contributed by atoms with van der Waals surface area (Å²) in [5, 5.41) is 3.27. The van der Waals surface area contributed by atoms with Crippen LogP contribution in [0.25, 0.3) is 0 Å². The van der Waals surface area contributed by atoms with Crippen LogP contribution in [-0.4, -0.2) is 36.1 Å². The van der Waals surface area contributed by atoms with Crippen LogP contribution in [0.2, 0.25) is 0 Å². The molecule has 0 bridgehead atoms. The Morgan fingerprint density at radius 3 is 2.59 bits per heavy atom. The molecule has 0 saturated carbocycles. The van der Waals surface area contributed by atoms with Crippen LogP contribution in [0, 0.1) is 11.6 Å². The van der Waals surface area contributed by atoms with E-state index in [0.717, 1.165) is 38.1 Å². The number of ether oxygens (including phenoxy) is 1. The van der Waals surface area contributed by atoms with E-state index in [9.17, 15) is 8.78 Å². The number of halogens is 2. The summed E-state index contributed by atoms with van der Waals surface area (Å²) in [4.78, 5) is 10.5. The molecule has 0 radical (unpaired) electrons. The standard InChI is InChI=1S/C15H16F2N4O/c16-12-7-11(8-13(17)9-12)10-22-15-19-2-1-14(20-15)21-5-3-18-4-6-21/h1-2,7-9,18H,3-6,10H2. The van der Waals surface area contributed by atoms with Gasteiger partial charge in [-0.1, -0.05) is 0 Å². The third-order valence-corrected chi connectivity index (χ3v) is 3.35. The molecule has 1 N–H and O–H groups in total. The lowest BCUT2D eigenvalue weighted by Gasteiger charge is -2.28. The van der Waals surface area contributed by atoms with Crippen molar-refractivity contribution in [2.45, 2.75) is 6.61 Å². The second kappa shape index (κ2) is 6.65. The summed E-state index contributed by atoms with van der Waals surface area (Å²) in [6.45, 7) is 3.56. The molecule has 1 aromatic heterocycles. The molecule has 1 aliphatic heterocycles. The fraction of sp³-hybridized carbons (Fsp3) is 0.333. The predicted molar refractivity (Wildman–Crippen MR) is 77.8 cm³/mol. The average molecular weight is 306 g/mol. The highest BCUT2D eigenvalue weighted by atomic mass is 19.1. The normalized spacial score (nSPS) is 14.9. The number of anilines is 1. The maximum Gasteiger partial charge on any atom is 0.318 e. The largest absolute Gasteiger partial charge is 0.459 e. The third kappa shape index (κ3) is 3.67. The molecule has 0 aliphatic carbocycles. The van der Waals surface area contributed by atoms with E-state index in [0.29, 0.717) is 5.56 Å². The number of nitrogens with zero attached hydrogens (tertiary/aromatic N) is 3. The van der Waals surface area contributed by atoms with Gasteiger partial charge in [0.15, 0.2) is 0 Å². The van der Waals surface area contributed by atoms with Gasteiger partial charge in [0.1, 0.15) is 24.1 Å². The molecule has 5 nitrogen and oxygen atoms in total. The van der Waals surface area contributed by atoms with Gasteiger partial charge in [-0.2, -0.15) is 4.98 Å². The highest BCUT2D eigenvalue weighted by molar-refractivity contribution is 5.38. The molecule has 1 fully saturated rings. The van der Waals surface area contributed by atoms with Gasteiger partial charge >= 0.3 is 6.01 Å². The van der Waals surface area contributed by atoms with Crippen molar-refractivity contribution >= 4 is 5.82 Å². The van der Waals surface area contributed by atoms with Crippen molar-refractivity contribution in [3.63, 3.8) is 0 Å². The van der Waals surface area contributed by atoms with Crippen molar-refractivity contribution in [1.29, 1.82) is 0 Å². The molecular weight excluding hydrogens is 290 g/mol. The van der Waals surface area contributed by atoms with Crippen molar-refractivity contribution in [1.82, 2.24) is 15.3 Å². The van der Waals surface area contributed by atoms with Crippen molar-refractivity contribution in [3.8, 4) is 6.01 Å². The second-order valence-electron chi connectivity index (χ2n) is 5.00. The topological polar surface area (TPSA) is 50.3 Å². The first-order valence-electron chi connectivity index (χ1n) is 7.07. The summed E-state index contributed by atoms with van der Waals surface area (Å²) in [7, 11) is 0. The van der Waals surface area contributed by atoms with Crippen molar-refractivity contribution in [3.05, 3.63) is 47.7 Å². The number of piperazine rings is 1. The zero-order valence-corrected chi connectivity index (χ0v) is 11.9. The van der Waals surface area contributed by atoms with E-state index < -0.39 is 11.6 Å². The molecule has 1 aliphatic rings. The van der Waals surface area contributed by atoms with Crippen LogP contribution < -0.4 is 15.0 Å². The van der Waals surface area contributed by atoms with Crippen LogP contribution in [0.3, 0.4) is 0 Å². The number of nitrogens with one attached hydrogen (secondary N) is 1. The molecule has 1 aromatic carbocycles. The predicted octanol–water partition coefficient (Wildman–Crippen LogP) is 1.74. The molecule has 0 atom stereocenters. The minimum Gasteiger partial charge on any atom is -0.459 e. The van der Waals surface area contributed by atoms with Crippen LogP contribution in [0.5, 0.6) is 6.01 Å². The van der Waals surface area contributed by atoms with Crippen LogP contribution in [0.15, 0.2) is 30.5 Å². The average Bonchev–Trinajstić information content (AvgIpc) is 2.53. The monoisotopic (exact) mass is 306 g/mol. The first-order valence-corrected chi connectivity index (χ1v) is 7.07. The molecule has 1 saturated heterocycles. The SMILES string of the molecule is Fc1cc(F)cc(COc2nccc(N3CCNCC3)n2)c1. The smallest absolute Gasteiger partial charge is 0.318 e. The summed E-state index contributed by atoms with van der Waals surface area (Å²) in [6.07, 6.45) is 1.62. The van der Waals surface area contributed by atoms with E-state index in [-0.39, 0.29) is 12.6 Å². The van der Waals surface area contributed by atoms with Gasteiger partial charge in [0, 0.05) is 38.4 Å². The lowest BCUT2D eigenvalue weighted by molar-refractivity contribution is 0.279. The molecule has 2 aromatic rings. The second-order valence-corrected chi connectivity index (χ2v) is 5.00. The zero-order valence-electron chi connectivity index (χ0n) is 11.9. The molecule has 0 unspecified atom stereocenters. The summed E-state index contributed by atoms with van der Waals surface area (Å²) < 4.78 is 31.7. The highest BCUT2D eigenvalue weighted by Gasteiger charge is 2.12. The Morgan fingerprint density at radius 2 is 1.86 bits per heavy atom. The summed E-state index contributed by atoms with van der Waals surface area (Å²) in [5.74, 6) is -0.472. The van der Waals surface area contributed by atoms with Crippen LogP contribution >= 0.6 is 0 Å². The highest BCUT2D eigenvalue weighted by Crippen LogP contribution is 2.15. The van der Waals surface area contributed by atoms with Crippen LogP contribution in [0.4, 0.5) is 14.6 Å². The first-order chi connectivity index (χ1) is 10.7. The summed E-state index contributed by atoms with van der Waals surface area (Å²) in [6, 6.07) is 5.29. The lowest BCUT2D eigenvalue weighted by atomic mass is 10.2.